The molecule has 0 aliphatic carbocycles. The molecule has 0 radical (unpaired) electrons. The van der Waals surface area contributed by atoms with Gasteiger partial charge in [0.1, 0.15) is 0 Å². The maximum Gasteiger partial charge on any atom is 0.305 e. The first-order valence-corrected chi connectivity index (χ1v) is 9.82. The van der Waals surface area contributed by atoms with Crippen LogP contribution in [0.3, 0.4) is 0 Å². The van der Waals surface area contributed by atoms with Gasteiger partial charge in [-0.05, 0) is 6.42 Å². The topological polar surface area (TPSA) is 26.3 Å². The monoisotopic (exact) mass is 230 g/mol. The first kappa shape index (κ1) is 14.7. The van der Waals surface area contributed by atoms with Gasteiger partial charge in [-0.25, -0.2) is 0 Å². The molecule has 0 aromatic rings. The minimum Gasteiger partial charge on any atom is -0.469 e. The summed E-state index contributed by atoms with van der Waals surface area (Å²) in [5.41, 5.74) is 0. The molecule has 0 aromatic heterocycles. The Bertz CT molecular complexity index is 173. The van der Waals surface area contributed by atoms with Crippen molar-refractivity contribution in [3.8, 4) is 0 Å². The van der Waals surface area contributed by atoms with E-state index in [1.807, 2.05) is 0 Å². The number of ether oxygens (including phenoxy) is 1. The largest absolute Gasteiger partial charge is 0.469 e. The van der Waals surface area contributed by atoms with Crippen LogP contribution in [0, 0.1) is 0 Å². The van der Waals surface area contributed by atoms with Crippen molar-refractivity contribution in [1.29, 1.82) is 0 Å². The van der Waals surface area contributed by atoms with E-state index in [2.05, 4.69) is 26.6 Å². The molecule has 0 N–H and O–H groups in total. The number of hydrogen-bond acceptors (Lipinski definition) is 2. The number of esters is 1. The zero-order valence-electron chi connectivity index (χ0n) is 10.8. The maximum atomic E-state index is 11.3. The van der Waals surface area contributed by atoms with Crippen molar-refractivity contribution < 1.29 is 9.53 Å². The van der Waals surface area contributed by atoms with Crippen molar-refractivity contribution >= 4 is 14.0 Å². The molecule has 0 heterocycles. The Morgan fingerprint density at radius 3 is 2.20 bits per heavy atom. The predicted molar refractivity (Wildman–Crippen MR) is 67.7 cm³/mol. The van der Waals surface area contributed by atoms with Crippen LogP contribution in [0.25, 0.3) is 0 Å². The number of carbonyl (C=O) groups excluding carboxylic acids is 1. The van der Waals surface area contributed by atoms with E-state index in [9.17, 15) is 4.79 Å². The van der Waals surface area contributed by atoms with Crippen molar-refractivity contribution in [2.24, 2.45) is 0 Å². The summed E-state index contributed by atoms with van der Waals surface area (Å²) >= 11 is 0. The fraction of sp³-hybridized carbons (Fsp3) is 0.917. The van der Waals surface area contributed by atoms with Gasteiger partial charge in [0.05, 0.1) is 14.3 Å². The fourth-order valence-corrected chi connectivity index (χ4v) is 1.84. The molecule has 3 heteroatoms. The first-order valence-electron chi connectivity index (χ1n) is 6.11. The highest BCUT2D eigenvalue weighted by atomic mass is 28.3. The molecule has 2 nitrogen and oxygen atoms in total. The van der Waals surface area contributed by atoms with E-state index in [0.29, 0.717) is 12.7 Å². The summed E-state index contributed by atoms with van der Waals surface area (Å²) in [4.78, 5) is 11.3. The summed E-state index contributed by atoms with van der Waals surface area (Å²) in [6.45, 7) is 8.83. The van der Waals surface area contributed by atoms with Crippen LogP contribution in [-0.2, 0) is 9.53 Å². The second-order valence-corrected chi connectivity index (χ2v) is 10.8. The molecular formula is C12H26O2Si. The highest BCUT2D eigenvalue weighted by Gasteiger charge is 2.15. The molecular weight excluding hydrogens is 204 g/mol. The molecule has 0 bridgehead atoms. The van der Waals surface area contributed by atoms with Crippen molar-refractivity contribution in [3.05, 3.63) is 0 Å². The van der Waals surface area contributed by atoms with Crippen LogP contribution in [-0.4, -0.2) is 20.3 Å². The van der Waals surface area contributed by atoms with Crippen LogP contribution in [0.2, 0.25) is 19.6 Å². The van der Waals surface area contributed by atoms with Crippen LogP contribution in [0.5, 0.6) is 0 Å². The van der Waals surface area contributed by atoms with Crippen LogP contribution < -0.4 is 0 Å². The molecule has 0 fully saturated rings. The second-order valence-electron chi connectivity index (χ2n) is 5.39. The minimum absolute atomic E-state index is 0.00563. The lowest BCUT2D eigenvalue weighted by Crippen LogP contribution is -2.29. The third-order valence-electron chi connectivity index (χ3n) is 2.15. The zero-order chi connectivity index (χ0) is 11.7. The predicted octanol–water partition coefficient (Wildman–Crippen LogP) is 3.77. The van der Waals surface area contributed by atoms with Gasteiger partial charge in [0.25, 0.3) is 0 Å². The summed E-state index contributed by atoms with van der Waals surface area (Å²) in [5.74, 6) is -0.00563. The van der Waals surface area contributed by atoms with Gasteiger partial charge in [-0.2, -0.15) is 0 Å². The molecule has 15 heavy (non-hydrogen) atoms. The lowest BCUT2D eigenvalue weighted by atomic mass is 10.1. The van der Waals surface area contributed by atoms with Crippen LogP contribution >= 0.6 is 0 Å². The van der Waals surface area contributed by atoms with Crippen molar-refractivity contribution in [2.45, 2.75) is 65.1 Å². The SMILES string of the molecule is CCCCCCCC(=O)OC[Si](C)(C)C. The number of hydrogen-bond donors (Lipinski definition) is 0. The maximum absolute atomic E-state index is 11.3. The van der Waals surface area contributed by atoms with Crippen LogP contribution in [0.4, 0.5) is 0 Å². The van der Waals surface area contributed by atoms with E-state index in [4.69, 9.17) is 4.74 Å². The van der Waals surface area contributed by atoms with Gasteiger partial charge >= 0.3 is 5.97 Å². The van der Waals surface area contributed by atoms with Gasteiger partial charge in [0, 0.05) is 6.42 Å². The molecule has 0 aliphatic rings. The Labute approximate surface area is 95.4 Å². The third kappa shape index (κ3) is 11.6. The quantitative estimate of drug-likeness (QED) is 0.360. The standard InChI is InChI=1S/C12H26O2Si/c1-5-6-7-8-9-10-12(13)14-11-15(2,3)4/h5-11H2,1-4H3. The lowest BCUT2D eigenvalue weighted by Gasteiger charge is -2.15. The van der Waals surface area contributed by atoms with Crippen LogP contribution in [0.1, 0.15) is 45.4 Å². The first-order chi connectivity index (χ1) is 6.95. The smallest absolute Gasteiger partial charge is 0.305 e. The van der Waals surface area contributed by atoms with E-state index < -0.39 is 8.07 Å². The van der Waals surface area contributed by atoms with E-state index in [1.165, 1.54) is 19.3 Å². The van der Waals surface area contributed by atoms with Crippen LogP contribution in [0.15, 0.2) is 0 Å². The molecule has 90 valence electrons. The lowest BCUT2D eigenvalue weighted by molar-refractivity contribution is -0.142. The van der Waals surface area contributed by atoms with Gasteiger partial charge < -0.3 is 4.74 Å². The van der Waals surface area contributed by atoms with Gasteiger partial charge in [0.2, 0.25) is 0 Å². The summed E-state index contributed by atoms with van der Waals surface area (Å²) in [6, 6.07) is 0. The summed E-state index contributed by atoms with van der Waals surface area (Å²) in [5, 5.41) is 0. The molecule has 0 aliphatic heterocycles. The minimum atomic E-state index is -1.22. The Morgan fingerprint density at radius 1 is 1.07 bits per heavy atom. The molecule has 0 saturated heterocycles. The molecule has 0 spiro atoms. The van der Waals surface area contributed by atoms with E-state index in [1.54, 1.807) is 0 Å². The Balaban J connectivity index is 3.34. The Morgan fingerprint density at radius 2 is 1.67 bits per heavy atom. The van der Waals surface area contributed by atoms with E-state index in [-0.39, 0.29) is 5.97 Å². The van der Waals surface area contributed by atoms with Gasteiger partial charge in [-0.3, -0.25) is 4.79 Å². The molecule has 0 saturated carbocycles. The molecule has 0 atom stereocenters. The molecule has 0 aromatic carbocycles. The number of unbranched alkanes of at least 4 members (excludes halogenated alkanes) is 4. The highest BCUT2D eigenvalue weighted by Crippen LogP contribution is 2.07. The normalized spacial score (nSPS) is 11.5. The van der Waals surface area contributed by atoms with E-state index >= 15 is 0 Å². The van der Waals surface area contributed by atoms with Crippen molar-refractivity contribution in [1.82, 2.24) is 0 Å². The number of rotatable bonds is 8. The Hall–Kier alpha value is -0.313. The number of carbonyl (C=O) groups is 1. The summed E-state index contributed by atoms with van der Waals surface area (Å²) in [7, 11) is -1.22. The molecule has 0 amide bonds. The second kappa shape index (κ2) is 7.91. The third-order valence-corrected chi connectivity index (χ3v) is 3.16. The van der Waals surface area contributed by atoms with E-state index in [0.717, 1.165) is 12.8 Å². The highest BCUT2D eigenvalue weighted by molar-refractivity contribution is 6.76. The van der Waals surface area contributed by atoms with Crippen molar-refractivity contribution in [3.63, 3.8) is 0 Å². The summed E-state index contributed by atoms with van der Waals surface area (Å²) < 4.78 is 5.24. The average Bonchev–Trinajstić information content (AvgIpc) is 2.13. The zero-order valence-corrected chi connectivity index (χ0v) is 11.8. The van der Waals surface area contributed by atoms with Crippen molar-refractivity contribution in [2.75, 3.05) is 6.23 Å². The van der Waals surface area contributed by atoms with Gasteiger partial charge in [-0.15, -0.1) is 0 Å². The van der Waals surface area contributed by atoms with Gasteiger partial charge in [0.15, 0.2) is 0 Å². The molecule has 0 rings (SSSR count). The molecule has 0 unspecified atom stereocenters. The van der Waals surface area contributed by atoms with Gasteiger partial charge in [-0.1, -0.05) is 52.2 Å². The summed E-state index contributed by atoms with van der Waals surface area (Å²) in [6.07, 6.45) is 7.21. The average molecular weight is 230 g/mol. The fourth-order valence-electron chi connectivity index (χ4n) is 1.24. The Kier molecular flexibility index (Phi) is 7.75.